The molecular formula is C15H21F2NOS. The van der Waals surface area contributed by atoms with Gasteiger partial charge in [0, 0.05) is 25.0 Å². The minimum absolute atomic E-state index is 0.149. The van der Waals surface area contributed by atoms with Crippen LogP contribution in [-0.2, 0) is 11.3 Å². The first-order valence-corrected chi connectivity index (χ1v) is 8.01. The molecule has 0 aromatic heterocycles. The van der Waals surface area contributed by atoms with E-state index in [4.69, 9.17) is 4.74 Å². The van der Waals surface area contributed by atoms with Gasteiger partial charge >= 0.3 is 0 Å². The summed E-state index contributed by atoms with van der Waals surface area (Å²) in [4.78, 5) is 0.149. The van der Waals surface area contributed by atoms with Crippen molar-refractivity contribution in [2.45, 2.75) is 42.9 Å². The number of hydrogen-bond donors (Lipinski definition) is 1. The van der Waals surface area contributed by atoms with Crippen LogP contribution in [0.25, 0.3) is 0 Å². The van der Waals surface area contributed by atoms with Crippen molar-refractivity contribution in [2.24, 2.45) is 0 Å². The molecule has 2 rings (SSSR count). The molecule has 1 aromatic carbocycles. The second-order valence-electron chi connectivity index (χ2n) is 4.99. The Balaban J connectivity index is 2.01. The van der Waals surface area contributed by atoms with Crippen molar-refractivity contribution >= 4 is 11.8 Å². The van der Waals surface area contributed by atoms with Gasteiger partial charge in [0.2, 0.25) is 0 Å². The van der Waals surface area contributed by atoms with Crippen molar-refractivity contribution in [1.29, 1.82) is 0 Å². The molecule has 1 heterocycles. The van der Waals surface area contributed by atoms with Crippen molar-refractivity contribution in [2.75, 3.05) is 19.8 Å². The van der Waals surface area contributed by atoms with Gasteiger partial charge in [-0.3, -0.25) is 0 Å². The lowest BCUT2D eigenvalue weighted by Gasteiger charge is -2.22. The zero-order valence-electron chi connectivity index (χ0n) is 11.8. The van der Waals surface area contributed by atoms with E-state index in [1.807, 2.05) is 0 Å². The third kappa shape index (κ3) is 4.43. The first-order valence-electron chi connectivity index (χ1n) is 7.13. The van der Waals surface area contributed by atoms with Crippen molar-refractivity contribution in [3.63, 3.8) is 0 Å². The van der Waals surface area contributed by atoms with Crippen LogP contribution < -0.4 is 5.32 Å². The Labute approximate surface area is 123 Å². The molecule has 2 nitrogen and oxygen atoms in total. The van der Waals surface area contributed by atoms with Crippen LogP contribution in [0, 0.1) is 11.6 Å². The zero-order chi connectivity index (χ0) is 14.4. The second kappa shape index (κ2) is 7.96. The van der Waals surface area contributed by atoms with Gasteiger partial charge < -0.3 is 10.1 Å². The smallest absolute Gasteiger partial charge is 0.140 e. The summed E-state index contributed by atoms with van der Waals surface area (Å²) in [7, 11) is 0. The molecule has 0 saturated carbocycles. The summed E-state index contributed by atoms with van der Waals surface area (Å²) in [6.07, 6.45) is 2.70. The Bertz CT molecular complexity index is 413. The average molecular weight is 301 g/mol. The normalized spacial score (nSPS) is 16.6. The predicted octanol–water partition coefficient (Wildman–Crippen LogP) is 3.74. The summed E-state index contributed by atoms with van der Waals surface area (Å²) < 4.78 is 33.4. The molecule has 0 spiro atoms. The van der Waals surface area contributed by atoms with Gasteiger partial charge in [-0.2, -0.15) is 0 Å². The van der Waals surface area contributed by atoms with Gasteiger partial charge in [0.1, 0.15) is 11.6 Å². The van der Waals surface area contributed by atoms with Gasteiger partial charge in [-0.05, 0) is 43.5 Å². The van der Waals surface area contributed by atoms with E-state index < -0.39 is 11.6 Å². The van der Waals surface area contributed by atoms with Crippen LogP contribution in [0.1, 0.15) is 31.7 Å². The standard InChI is InChI=1S/C15H21F2NOS/c1-2-5-18-10-11-8-13(16)15(14(17)9-11)20-12-3-6-19-7-4-12/h8-9,12,18H,2-7,10H2,1H3. The highest BCUT2D eigenvalue weighted by atomic mass is 32.2. The van der Waals surface area contributed by atoms with E-state index in [0.717, 1.165) is 25.8 Å². The zero-order valence-corrected chi connectivity index (χ0v) is 12.6. The van der Waals surface area contributed by atoms with Gasteiger partial charge in [0.15, 0.2) is 0 Å². The monoisotopic (exact) mass is 301 g/mol. The fraction of sp³-hybridized carbons (Fsp3) is 0.600. The number of hydrogen-bond acceptors (Lipinski definition) is 3. The van der Waals surface area contributed by atoms with E-state index >= 15 is 0 Å². The van der Waals surface area contributed by atoms with Crippen LogP contribution >= 0.6 is 11.8 Å². The molecule has 5 heteroatoms. The van der Waals surface area contributed by atoms with Crippen molar-refractivity contribution in [3.8, 4) is 0 Å². The number of halogens is 2. The lowest BCUT2D eigenvalue weighted by atomic mass is 10.2. The molecule has 0 atom stereocenters. The fourth-order valence-corrected chi connectivity index (χ4v) is 3.30. The summed E-state index contributed by atoms with van der Waals surface area (Å²) >= 11 is 1.30. The predicted molar refractivity (Wildman–Crippen MR) is 78.1 cm³/mol. The largest absolute Gasteiger partial charge is 0.381 e. The number of thioether (sulfide) groups is 1. The molecule has 0 unspecified atom stereocenters. The van der Waals surface area contributed by atoms with Gasteiger partial charge in [-0.15, -0.1) is 11.8 Å². The Hall–Kier alpha value is -0.650. The first-order chi connectivity index (χ1) is 9.70. The van der Waals surface area contributed by atoms with E-state index in [-0.39, 0.29) is 10.1 Å². The molecule has 0 bridgehead atoms. The highest BCUT2D eigenvalue weighted by molar-refractivity contribution is 8.00. The summed E-state index contributed by atoms with van der Waals surface area (Å²) in [6.45, 7) is 4.77. The molecule has 1 aromatic rings. The van der Waals surface area contributed by atoms with Gasteiger partial charge in [-0.1, -0.05) is 6.92 Å². The fourth-order valence-electron chi connectivity index (χ4n) is 2.20. The molecule has 1 aliphatic rings. The highest BCUT2D eigenvalue weighted by Gasteiger charge is 2.20. The maximum atomic E-state index is 14.1. The maximum Gasteiger partial charge on any atom is 0.140 e. The lowest BCUT2D eigenvalue weighted by molar-refractivity contribution is 0.1000. The molecule has 0 aliphatic carbocycles. The quantitative estimate of drug-likeness (QED) is 0.809. The van der Waals surface area contributed by atoms with E-state index in [1.165, 1.54) is 23.9 Å². The summed E-state index contributed by atoms with van der Waals surface area (Å²) in [6, 6.07) is 2.88. The highest BCUT2D eigenvalue weighted by Crippen LogP contribution is 2.33. The van der Waals surface area contributed by atoms with E-state index in [2.05, 4.69) is 12.2 Å². The van der Waals surface area contributed by atoms with Crippen LogP contribution in [0.15, 0.2) is 17.0 Å². The Kier molecular flexibility index (Phi) is 6.26. The number of benzene rings is 1. The summed E-state index contributed by atoms with van der Waals surface area (Å²) in [5, 5.41) is 3.40. The van der Waals surface area contributed by atoms with Crippen molar-refractivity contribution in [3.05, 3.63) is 29.3 Å². The van der Waals surface area contributed by atoms with Gasteiger partial charge in [0.25, 0.3) is 0 Å². The summed E-state index contributed by atoms with van der Waals surface area (Å²) in [5.74, 6) is -0.899. The van der Waals surface area contributed by atoms with Gasteiger partial charge in [-0.25, -0.2) is 8.78 Å². The molecular weight excluding hydrogens is 280 g/mol. The molecule has 20 heavy (non-hydrogen) atoms. The first kappa shape index (κ1) is 15.7. The third-order valence-electron chi connectivity index (χ3n) is 3.27. The SMILES string of the molecule is CCCNCc1cc(F)c(SC2CCOCC2)c(F)c1. The number of ether oxygens (including phenoxy) is 1. The van der Waals surface area contributed by atoms with Crippen LogP contribution in [-0.4, -0.2) is 25.0 Å². The third-order valence-corrected chi connectivity index (χ3v) is 4.70. The van der Waals surface area contributed by atoms with E-state index in [1.54, 1.807) is 0 Å². The topological polar surface area (TPSA) is 21.3 Å². The maximum absolute atomic E-state index is 14.1. The minimum atomic E-state index is -0.449. The second-order valence-corrected chi connectivity index (χ2v) is 6.31. The van der Waals surface area contributed by atoms with Crippen LogP contribution in [0.2, 0.25) is 0 Å². The summed E-state index contributed by atoms with van der Waals surface area (Å²) in [5.41, 5.74) is 0.657. The van der Waals surface area contributed by atoms with Crippen LogP contribution in [0.5, 0.6) is 0 Å². The van der Waals surface area contributed by atoms with E-state index in [9.17, 15) is 8.78 Å². The lowest BCUT2D eigenvalue weighted by Crippen LogP contribution is -2.18. The Morgan fingerprint density at radius 2 is 1.90 bits per heavy atom. The molecule has 0 radical (unpaired) electrons. The molecule has 112 valence electrons. The molecule has 1 aliphatic heterocycles. The number of rotatable bonds is 6. The van der Waals surface area contributed by atoms with Crippen molar-refractivity contribution < 1.29 is 13.5 Å². The van der Waals surface area contributed by atoms with Crippen LogP contribution in [0.3, 0.4) is 0 Å². The van der Waals surface area contributed by atoms with Crippen LogP contribution in [0.4, 0.5) is 8.78 Å². The number of nitrogens with one attached hydrogen (secondary N) is 1. The van der Waals surface area contributed by atoms with Gasteiger partial charge in [0.05, 0.1) is 4.90 Å². The molecule has 1 saturated heterocycles. The molecule has 0 amide bonds. The van der Waals surface area contributed by atoms with E-state index in [0.29, 0.717) is 25.3 Å². The Morgan fingerprint density at radius 1 is 1.25 bits per heavy atom. The van der Waals surface area contributed by atoms with Crippen molar-refractivity contribution in [1.82, 2.24) is 5.32 Å². The average Bonchev–Trinajstić information content (AvgIpc) is 2.44. The molecule has 1 fully saturated rings. The minimum Gasteiger partial charge on any atom is -0.381 e. The Morgan fingerprint density at radius 3 is 2.50 bits per heavy atom. The molecule has 1 N–H and O–H groups in total.